The maximum Gasteiger partial charge on any atom is 0.218 e. The van der Waals surface area contributed by atoms with Crippen LogP contribution in [-0.4, -0.2) is 17.1 Å². The van der Waals surface area contributed by atoms with Gasteiger partial charge in [0.2, 0.25) is 5.88 Å². The second kappa shape index (κ2) is 7.25. The fourth-order valence-electron chi connectivity index (χ4n) is 2.36. The van der Waals surface area contributed by atoms with Crippen molar-refractivity contribution in [3.05, 3.63) is 22.3 Å². The minimum Gasteiger partial charge on any atom is -0.474 e. The Hall–Kier alpha value is -0.610. The fourth-order valence-corrected chi connectivity index (χ4v) is 2.74. The maximum atomic E-state index is 6.10. The number of pyridine rings is 1. The number of aromatic nitrogens is 1. The predicted octanol–water partition coefficient (Wildman–Crippen LogP) is 4.05. The highest BCUT2D eigenvalue weighted by Gasteiger charge is 2.17. The van der Waals surface area contributed by atoms with Crippen LogP contribution in [0, 0.1) is 0 Å². The molecule has 3 nitrogen and oxygen atoms in total. The fraction of sp³-hybridized carbons (Fsp3) is 0.667. The summed E-state index contributed by atoms with van der Waals surface area (Å²) in [5.74, 6) is 0.795. The molecule has 0 aliphatic heterocycles. The smallest absolute Gasteiger partial charge is 0.218 e. The lowest BCUT2D eigenvalue weighted by molar-refractivity contribution is 0.147. The summed E-state index contributed by atoms with van der Waals surface area (Å²) in [7, 11) is 0. The van der Waals surface area contributed by atoms with E-state index < -0.39 is 0 Å². The van der Waals surface area contributed by atoms with Crippen molar-refractivity contribution in [2.24, 2.45) is 0 Å². The van der Waals surface area contributed by atoms with Crippen LogP contribution in [0.4, 0.5) is 0 Å². The third-order valence-corrected chi connectivity index (χ3v) is 3.86. The predicted molar refractivity (Wildman–Crippen MR) is 81.4 cm³/mol. The molecule has 0 radical (unpaired) electrons. The van der Waals surface area contributed by atoms with Gasteiger partial charge in [-0.15, -0.1) is 0 Å². The van der Waals surface area contributed by atoms with Gasteiger partial charge in [-0.25, -0.2) is 4.98 Å². The molecule has 1 aliphatic rings. The van der Waals surface area contributed by atoms with Crippen LogP contribution in [0.15, 0.2) is 16.7 Å². The van der Waals surface area contributed by atoms with Gasteiger partial charge in [-0.3, -0.25) is 0 Å². The first-order valence-electron chi connectivity index (χ1n) is 7.19. The first-order valence-corrected chi connectivity index (χ1v) is 7.99. The molecule has 0 amide bonds. The largest absolute Gasteiger partial charge is 0.474 e. The Morgan fingerprint density at radius 3 is 2.79 bits per heavy atom. The molecule has 0 aromatic carbocycles. The maximum absolute atomic E-state index is 6.10. The van der Waals surface area contributed by atoms with Crippen LogP contribution < -0.4 is 10.1 Å². The van der Waals surface area contributed by atoms with Gasteiger partial charge in [-0.2, -0.15) is 0 Å². The Labute approximate surface area is 124 Å². The van der Waals surface area contributed by atoms with Gasteiger partial charge in [0.15, 0.2) is 0 Å². The molecule has 1 fully saturated rings. The van der Waals surface area contributed by atoms with Crippen LogP contribution in [0.5, 0.6) is 5.88 Å². The van der Waals surface area contributed by atoms with E-state index in [0.29, 0.717) is 12.1 Å². The molecule has 0 unspecified atom stereocenters. The number of ether oxygens (including phenoxy) is 1. The first-order chi connectivity index (χ1) is 9.15. The summed E-state index contributed by atoms with van der Waals surface area (Å²) in [5.41, 5.74) is 1.13. The minimum atomic E-state index is 0.347. The van der Waals surface area contributed by atoms with Gasteiger partial charge in [-0.05, 0) is 47.7 Å². The summed E-state index contributed by atoms with van der Waals surface area (Å²) in [5, 5.41) is 3.43. The normalized spacial score (nSPS) is 16.8. The van der Waals surface area contributed by atoms with E-state index in [4.69, 9.17) is 4.74 Å². The zero-order valence-electron chi connectivity index (χ0n) is 11.8. The van der Waals surface area contributed by atoms with E-state index in [1.165, 1.54) is 19.3 Å². The quantitative estimate of drug-likeness (QED) is 0.886. The van der Waals surface area contributed by atoms with Crippen molar-refractivity contribution >= 4 is 15.9 Å². The zero-order valence-corrected chi connectivity index (χ0v) is 13.4. The Balaban J connectivity index is 2.04. The van der Waals surface area contributed by atoms with E-state index >= 15 is 0 Å². The molecule has 0 bridgehead atoms. The Morgan fingerprint density at radius 1 is 1.37 bits per heavy atom. The molecule has 0 atom stereocenters. The van der Waals surface area contributed by atoms with Crippen molar-refractivity contribution in [1.29, 1.82) is 0 Å². The molecule has 1 aromatic heterocycles. The number of nitrogens with zero attached hydrogens (tertiary/aromatic N) is 1. The highest BCUT2D eigenvalue weighted by Crippen LogP contribution is 2.26. The van der Waals surface area contributed by atoms with Gasteiger partial charge in [0.1, 0.15) is 6.10 Å². The molecule has 1 aliphatic carbocycles. The van der Waals surface area contributed by atoms with Crippen LogP contribution in [0.25, 0.3) is 0 Å². The molecule has 4 heteroatoms. The SMILES string of the molecule is CC(C)NCc1cc(Br)cnc1OC1CCCCC1. The lowest BCUT2D eigenvalue weighted by Gasteiger charge is -2.23. The van der Waals surface area contributed by atoms with Crippen molar-refractivity contribution in [1.82, 2.24) is 10.3 Å². The molecule has 106 valence electrons. The summed E-state index contributed by atoms with van der Waals surface area (Å²) in [6.45, 7) is 5.09. The van der Waals surface area contributed by atoms with Gasteiger partial charge in [-0.1, -0.05) is 20.3 Å². The zero-order chi connectivity index (χ0) is 13.7. The highest BCUT2D eigenvalue weighted by atomic mass is 79.9. The van der Waals surface area contributed by atoms with Crippen LogP contribution >= 0.6 is 15.9 Å². The number of rotatable bonds is 5. The first kappa shape index (κ1) is 14.8. The van der Waals surface area contributed by atoms with E-state index in [1.54, 1.807) is 0 Å². The Bertz CT molecular complexity index is 403. The van der Waals surface area contributed by atoms with E-state index in [9.17, 15) is 0 Å². The number of hydrogen-bond acceptors (Lipinski definition) is 3. The molecule has 19 heavy (non-hydrogen) atoms. The third-order valence-electron chi connectivity index (χ3n) is 3.42. The third kappa shape index (κ3) is 4.77. The van der Waals surface area contributed by atoms with E-state index in [2.05, 4.69) is 46.1 Å². The lowest BCUT2D eigenvalue weighted by Crippen LogP contribution is -2.24. The topological polar surface area (TPSA) is 34.2 Å². The Kier molecular flexibility index (Phi) is 5.64. The Morgan fingerprint density at radius 2 is 2.11 bits per heavy atom. The lowest BCUT2D eigenvalue weighted by atomic mass is 9.98. The minimum absolute atomic E-state index is 0.347. The number of hydrogen-bond donors (Lipinski definition) is 1. The highest BCUT2D eigenvalue weighted by molar-refractivity contribution is 9.10. The van der Waals surface area contributed by atoms with E-state index in [-0.39, 0.29) is 0 Å². The van der Waals surface area contributed by atoms with Crippen molar-refractivity contribution in [2.45, 2.75) is 64.6 Å². The molecule has 1 aromatic rings. The molecule has 1 heterocycles. The van der Waals surface area contributed by atoms with Crippen LogP contribution in [0.3, 0.4) is 0 Å². The van der Waals surface area contributed by atoms with Crippen LogP contribution in [0.1, 0.15) is 51.5 Å². The van der Waals surface area contributed by atoms with Crippen LogP contribution in [-0.2, 0) is 6.54 Å². The van der Waals surface area contributed by atoms with Crippen molar-refractivity contribution in [2.75, 3.05) is 0 Å². The molecule has 0 spiro atoms. The average Bonchev–Trinajstić information content (AvgIpc) is 2.40. The van der Waals surface area contributed by atoms with Crippen molar-refractivity contribution < 1.29 is 4.74 Å². The molecule has 2 rings (SSSR count). The second-order valence-corrected chi connectivity index (χ2v) is 6.45. The standard InChI is InChI=1S/C15H23BrN2O/c1-11(2)17-9-12-8-13(16)10-18-15(12)19-14-6-4-3-5-7-14/h8,10-11,14,17H,3-7,9H2,1-2H3. The molecular weight excluding hydrogens is 304 g/mol. The van der Waals surface area contributed by atoms with E-state index in [1.807, 2.05) is 6.20 Å². The molecule has 1 saturated carbocycles. The average molecular weight is 327 g/mol. The summed E-state index contributed by atoms with van der Waals surface area (Å²) >= 11 is 3.48. The van der Waals surface area contributed by atoms with Gasteiger partial charge < -0.3 is 10.1 Å². The van der Waals surface area contributed by atoms with E-state index in [0.717, 1.165) is 35.3 Å². The van der Waals surface area contributed by atoms with Crippen molar-refractivity contribution in [3.63, 3.8) is 0 Å². The summed E-state index contributed by atoms with van der Waals surface area (Å²) in [4.78, 5) is 4.44. The number of nitrogens with one attached hydrogen (secondary N) is 1. The molecule has 0 saturated heterocycles. The molecular formula is C15H23BrN2O. The second-order valence-electron chi connectivity index (χ2n) is 5.53. The number of halogens is 1. The summed E-state index contributed by atoms with van der Waals surface area (Å²) in [6.07, 6.45) is 8.39. The molecule has 1 N–H and O–H groups in total. The summed E-state index contributed by atoms with van der Waals surface area (Å²) < 4.78 is 7.11. The van der Waals surface area contributed by atoms with Crippen LogP contribution in [0.2, 0.25) is 0 Å². The van der Waals surface area contributed by atoms with Gasteiger partial charge in [0.25, 0.3) is 0 Å². The monoisotopic (exact) mass is 326 g/mol. The van der Waals surface area contributed by atoms with Crippen molar-refractivity contribution in [3.8, 4) is 5.88 Å². The van der Waals surface area contributed by atoms with Gasteiger partial charge in [0, 0.05) is 28.8 Å². The van der Waals surface area contributed by atoms with Gasteiger partial charge >= 0.3 is 0 Å². The summed E-state index contributed by atoms with van der Waals surface area (Å²) in [6, 6.07) is 2.56. The van der Waals surface area contributed by atoms with Gasteiger partial charge in [0.05, 0.1) is 0 Å².